The highest BCUT2D eigenvalue weighted by Crippen LogP contribution is 2.30. The van der Waals surface area contributed by atoms with Crippen LogP contribution in [-0.2, 0) is 0 Å². The van der Waals surface area contributed by atoms with Crippen LogP contribution in [0.25, 0.3) is 0 Å². The van der Waals surface area contributed by atoms with E-state index >= 15 is 0 Å². The molecule has 1 heterocycles. The van der Waals surface area contributed by atoms with E-state index in [0.717, 1.165) is 0 Å². The number of nitrogen functional groups attached to an aromatic ring is 1. The number of methoxy groups -OCH3 is 1. The molecule has 0 saturated heterocycles. The van der Waals surface area contributed by atoms with Crippen LogP contribution in [0.2, 0.25) is 0 Å². The normalized spacial score (nSPS) is 9.77. The van der Waals surface area contributed by atoms with Crippen LogP contribution in [-0.4, -0.2) is 17.8 Å². The summed E-state index contributed by atoms with van der Waals surface area (Å²) in [7, 11) is 1.52. The Kier molecular flexibility index (Phi) is 2.87. The maximum atomic E-state index is 7.51. The number of nitrogens with zero attached hydrogens (tertiary/aromatic N) is 1. The zero-order valence-electron chi connectivity index (χ0n) is 7.39. The van der Waals surface area contributed by atoms with Crippen molar-refractivity contribution in [3.05, 3.63) is 16.4 Å². The molecule has 0 aromatic carbocycles. The second-order valence-electron chi connectivity index (χ2n) is 2.54. The Labute approximate surface area is 84.8 Å². The maximum Gasteiger partial charge on any atom is 0.162 e. The smallest absolute Gasteiger partial charge is 0.162 e. The summed E-state index contributed by atoms with van der Waals surface area (Å²) in [5.74, 6) is 0.507. The minimum atomic E-state index is 0.359. The van der Waals surface area contributed by atoms with Gasteiger partial charge in [-0.25, -0.2) is 4.98 Å². The highest BCUT2D eigenvalue weighted by Gasteiger charge is 2.13. The number of ether oxygens (including phenoxy) is 1. The monoisotopic (exact) mass is 243 g/mol. The van der Waals surface area contributed by atoms with Crippen LogP contribution < -0.4 is 10.5 Å². The van der Waals surface area contributed by atoms with Crippen molar-refractivity contribution >= 4 is 27.3 Å². The Morgan fingerprint density at radius 3 is 2.69 bits per heavy atom. The molecule has 0 atom stereocenters. The predicted octanol–water partition coefficient (Wildman–Crippen LogP) is 1.82. The first-order valence-corrected chi connectivity index (χ1v) is 4.40. The molecule has 1 aromatic rings. The van der Waals surface area contributed by atoms with Crippen LogP contribution in [0.15, 0.2) is 10.8 Å². The van der Waals surface area contributed by atoms with Gasteiger partial charge < -0.3 is 15.9 Å². The summed E-state index contributed by atoms with van der Waals surface area (Å²) in [6.45, 7) is 1.65. The molecule has 0 saturated carbocycles. The zero-order valence-corrected chi connectivity index (χ0v) is 8.97. The molecule has 5 heteroatoms. The third-order valence-electron chi connectivity index (χ3n) is 1.60. The molecule has 1 rings (SSSR count). The average molecular weight is 244 g/mol. The first-order chi connectivity index (χ1) is 6.07. The molecule has 1 aromatic heterocycles. The molecule has 0 aliphatic rings. The van der Waals surface area contributed by atoms with Crippen molar-refractivity contribution in [3.8, 4) is 5.75 Å². The van der Waals surface area contributed by atoms with Gasteiger partial charge in [-0.2, -0.15) is 0 Å². The van der Waals surface area contributed by atoms with Crippen LogP contribution in [0, 0.1) is 5.41 Å². The number of nitrogens with one attached hydrogen (secondary N) is 1. The number of hydrogen-bond acceptors (Lipinski definition) is 4. The van der Waals surface area contributed by atoms with E-state index in [1.54, 1.807) is 6.92 Å². The van der Waals surface area contributed by atoms with Gasteiger partial charge in [0.2, 0.25) is 0 Å². The zero-order chi connectivity index (χ0) is 10.0. The number of rotatable bonds is 2. The summed E-state index contributed by atoms with van der Waals surface area (Å²) in [4.78, 5) is 3.96. The number of halogens is 1. The van der Waals surface area contributed by atoms with Gasteiger partial charge in [-0.3, -0.25) is 0 Å². The highest BCUT2D eigenvalue weighted by molar-refractivity contribution is 9.10. The first-order valence-electron chi connectivity index (χ1n) is 3.61. The van der Waals surface area contributed by atoms with Gasteiger partial charge in [-0.05, 0) is 22.9 Å². The van der Waals surface area contributed by atoms with Gasteiger partial charge in [0.05, 0.1) is 24.6 Å². The quantitative estimate of drug-likeness (QED) is 0.615. The van der Waals surface area contributed by atoms with Gasteiger partial charge in [-0.1, -0.05) is 0 Å². The van der Waals surface area contributed by atoms with E-state index in [1.165, 1.54) is 13.3 Å². The standard InChI is InChI=1S/C8H10BrN3O/c1-4(10)6-5(11)3-12-8(9)7(6)13-2/h3,10H,11H2,1-2H3. The van der Waals surface area contributed by atoms with E-state index in [0.29, 0.717) is 27.3 Å². The SMILES string of the molecule is COc1c(Br)ncc(N)c1C(C)=N. The van der Waals surface area contributed by atoms with E-state index in [4.69, 9.17) is 15.9 Å². The number of hydrogen-bond donors (Lipinski definition) is 2. The van der Waals surface area contributed by atoms with Crippen molar-refractivity contribution in [2.45, 2.75) is 6.92 Å². The lowest BCUT2D eigenvalue weighted by Crippen LogP contribution is -2.04. The molecular weight excluding hydrogens is 234 g/mol. The van der Waals surface area contributed by atoms with E-state index in [-0.39, 0.29) is 0 Å². The van der Waals surface area contributed by atoms with Crippen LogP contribution in [0.1, 0.15) is 12.5 Å². The second-order valence-corrected chi connectivity index (χ2v) is 3.29. The Bertz CT molecular complexity index is 351. The van der Waals surface area contributed by atoms with Gasteiger partial charge in [-0.15, -0.1) is 0 Å². The average Bonchev–Trinajstić information content (AvgIpc) is 2.07. The molecule has 0 unspecified atom stereocenters. The molecule has 13 heavy (non-hydrogen) atoms. The Hall–Kier alpha value is -1.10. The molecule has 0 fully saturated rings. The van der Waals surface area contributed by atoms with Crippen molar-refractivity contribution in [2.24, 2.45) is 0 Å². The number of anilines is 1. The third kappa shape index (κ3) is 1.80. The van der Waals surface area contributed by atoms with Crippen molar-refractivity contribution in [1.82, 2.24) is 4.98 Å². The molecule has 70 valence electrons. The van der Waals surface area contributed by atoms with E-state index in [1.807, 2.05) is 0 Å². The van der Waals surface area contributed by atoms with Crippen molar-refractivity contribution in [3.63, 3.8) is 0 Å². The maximum absolute atomic E-state index is 7.51. The highest BCUT2D eigenvalue weighted by atomic mass is 79.9. The van der Waals surface area contributed by atoms with Crippen LogP contribution in [0.5, 0.6) is 5.75 Å². The predicted molar refractivity (Wildman–Crippen MR) is 55.4 cm³/mol. The van der Waals surface area contributed by atoms with Gasteiger partial charge in [0.1, 0.15) is 4.60 Å². The Morgan fingerprint density at radius 1 is 1.69 bits per heavy atom. The summed E-state index contributed by atoms with van der Waals surface area (Å²) < 4.78 is 5.65. The third-order valence-corrected chi connectivity index (χ3v) is 2.16. The minimum absolute atomic E-state index is 0.359. The molecule has 3 N–H and O–H groups in total. The summed E-state index contributed by atoms with van der Waals surface area (Å²) in [6.07, 6.45) is 1.50. The fourth-order valence-electron chi connectivity index (χ4n) is 1.06. The summed E-state index contributed by atoms with van der Waals surface area (Å²) >= 11 is 3.22. The molecule has 0 amide bonds. The lowest BCUT2D eigenvalue weighted by atomic mass is 10.1. The Morgan fingerprint density at radius 2 is 2.31 bits per heavy atom. The number of aromatic nitrogens is 1. The van der Waals surface area contributed by atoms with Crippen LogP contribution in [0.3, 0.4) is 0 Å². The van der Waals surface area contributed by atoms with Gasteiger partial charge in [0.25, 0.3) is 0 Å². The fraction of sp³-hybridized carbons (Fsp3) is 0.250. The lowest BCUT2D eigenvalue weighted by molar-refractivity contribution is 0.409. The van der Waals surface area contributed by atoms with Crippen molar-refractivity contribution in [1.29, 1.82) is 5.41 Å². The summed E-state index contributed by atoms with van der Waals surface area (Å²) in [6, 6.07) is 0. The first kappa shape index (κ1) is 9.98. The van der Waals surface area contributed by atoms with E-state index in [2.05, 4.69) is 20.9 Å². The van der Waals surface area contributed by atoms with Gasteiger partial charge in [0.15, 0.2) is 5.75 Å². The number of nitrogens with two attached hydrogens (primary N) is 1. The van der Waals surface area contributed by atoms with E-state index < -0.39 is 0 Å². The topological polar surface area (TPSA) is 72.0 Å². The van der Waals surface area contributed by atoms with Crippen molar-refractivity contribution in [2.75, 3.05) is 12.8 Å². The molecule has 4 nitrogen and oxygen atoms in total. The molecule has 0 radical (unpaired) electrons. The molecule has 0 spiro atoms. The summed E-state index contributed by atoms with van der Waals surface area (Å²) in [5, 5.41) is 7.51. The molecule has 0 bridgehead atoms. The Balaban J connectivity index is 3.43. The summed E-state index contributed by atoms with van der Waals surface area (Å²) in [5.41, 5.74) is 7.06. The second kappa shape index (κ2) is 3.74. The van der Waals surface area contributed by atoms with Crippen LogP contribution in [0.4, 0.5) is 5.69 Å². The lowest BCUT2D eigenvalue weighted by Gasteiger charge is -2.10. The molecule has 0 aliphatic heterocycles. The van der Waals surface area contributed by atoms with Gasteiger partial charge >= 0.3 is 0 Å². The number of pyridine rings is 1. The fourth-order valence-corrected chi connectivity index (χ4v) is 1.52. The van der Waals surface area contributed by atoms with Crippen molar-refractivity contribution < 1.29 is 4.74 Å². The van der Waals surface area contributed by atoms with Gasteiger partial charge in [0, 0.05) is 5.71 Å². The molecular formula is C8H10BrN3O. The molecule has 0 aliphatic carbocycles. The van der Waals surface area contributed by atoms with Crippen LogP contribution >= 0.6 is 15.9 Å². The minimum Gasteiger partial charge on any atom is -0.493 e. The largest absolute Gasteiger partial charge is 0.493 e. The van der Waals surface area contributed by atoms with E-state index in [9.17, 15) is 0 Å².